The summed E-state index contributed by atoms with van der Waals surface area (Å²) in [6.07, 6.45) is 6.02. The summed E-state index contributed by atoms with van der Waals surface area (Å²) in [6.45, 7) is 0. The summed E-state index contributed by atoms with van der Waals surface area (Å²) in [7, 11) is 0. The van der Waals surface area contributed by atoms with Crippen LogP contribution in [-0.4, -0.2) is 3.74 Å². The van der Waals surface area contributed by atoms with E-state index in [2.05, 4.69) is 31.9 Å². The van der Waals surface area contributed by atoms with Crippen LogP contribution in [0.15, 0.2) is 0 Å². The van der Waals surface area contributed by atoms with E-state index in [1.165, 1.54) is 25.7 Å². The maximum Gasteiger partial charge on any atom is 0.0759 e. The SMILES string of the molecule is BrC(Br)C12CC3C1CCCC32. The van der Waals surface area contributed by atoms with Crippen molar-refractivity contribution in [3.63, 3.8) is 0 Å². The second-order valence-corrected chi connectivity index (χ2v) is 7.49. The topological polar surface area (TPSA) is 0 Å². The Morgan fingerprint density at radius 1 is 1.18 bits per heavy atom. The Morgan fingerprint density at radius 3 is 2.09 bits per heavy atom. The molecule has 4 saturated carbocycles. The van der Waals surface area contributed by atoms with Gasteiger partial charge >= 0.3 is 0 Å². The van der Waals surface area contributed by atoms with Gasteiger partial charge in [-0.2, -0.15) is 0 Å². The predicted molar refractivity (Wildman–Crippen MR) is 53.0 cm³/mol. The molecular formula is C9H12Br2. The molecule has 0 N–H and O–H groups in total. The highest BCUT2D eigenvalue weighted by Gasteiger charge is 2.74. The zero-order chi connectivity index (χ0) is 7.64. The van der Waals surface area contributed by atoms with Gasteiger partial charge in [-0.15, -0.1) is 0 Å². The van der Waals surface area contributed by atoms with Gasteiger partial charge in [0.15, 0.2) is 0 Å². The quantitative estimate of drug-likeness (QED) is 0.644. The molecule has 4 fully saturated rings. The zero-order valence-corrected chi connectivity index (χ0v) is 9.57. The Morgan fingerprint density at radius 2 is 1.82 bits per heavy atom. The Balaban J connectivity index is 1.90. The molecule has 0 heterocycles. The largest absolute Gasteiger partial charge is 0.0759 e. The van der Waals surface area contributed by atoms with Gasteiger partial charge in [0.2, 0.25) is 0 Å². The van der Waals surface area contributed by atoms with Crippen molar-refractivity contribution in [2.24, 2.45) is 23.2 Å². The van der Waals surface area contributed by atoms with Gasteiger partial charge in [0.25, 0.3) is 0 Å². The first kappa shape index (κ1) is 7.37. The summed E-state index contributed by atoms with van der Waals surface area (Å²) in [4.78, 5) is 0. The summed E-state index contributed by atoms with van der Waals surface area (Å²) < 4.78 is 0.600. The van der Waals surface area contributed by atoms with Crippen LogP contribution in [0.5, 0.6) is 0 Å². The van der Waals surface area contributed by atoms with E-state index in [4.69, 9.17) is 0 Å². The van der Waals surface area contributed by atoms with Gasteiger partial charge in [-0.05, 0) is 42.4 Å². The van der Waals surface area contributed by atoms with Crippen molar-refractivity contribution < 1.29 is 0 Å². The molecule has 0 aliphatic heterocycles. The molecule has 4 aliphatic carbocycles. The van der Waals surface area contributed by atoms with Crippen LogP contribution in [0.2, 0.25) is 0 Å². The van der Waals surface area contributed by atoms with Crippen LogP contribution < -0.4 is 0 Å². The molecule has 0 aromatic heterocycles. The minimum Gasteiger partial charge on any atom is -0.0758 e. The van der Waals surface area contributed by atoms with Crippen LogP contribution >= 0.6 is 31.9 Å². The molecular weight excluding hydrogens is 268 g/mol. The van der Waals surface area contributed by atoms with E-state index in [1.807, 2.05) is 0 Å². The summed E-state index contributed by atoms with van der Waals surface area (Å²) in [5.41, 5.74) is 0.711. The highest BCUT2D eigenvalue weighted by Crippen LogP contribution is 2.80. The summed E-state index contributed by atoms with van der Waals surface area (Å²) in [6, 6.07) is 0. The van der Waals surface area contributed by atoms with Crippen LogP contribution in [0.25, 0.3) is 0 Å². The normalized spacial score (nSPS) is 58.6. The van der Waals surface area contributed by atoms with Crippen LogP contribution in [0.4, 0.5) is 0 Å². The van der Waals surface area contributed by atoms with Crippen molar-refractivity contribution in [2.75, 3.05) is 0 Å². The lowest BCUT2D eigenvalue weighted by Gasteiger charge is -2.78. The van der Waals surface area contributed by atoms with E-state index in [1.54, 1.807) is 0 Å². The van der Waals surface area contributed by atoms with Crippen molar-refractivity contribution in [3.8, 4) is 0 Å². The van der Waals surface area contributed by atoms with Gasteiger partial charge in [0.1, 0.15) is 0 Å². The second-order valence-electron chi connectivity index (χ2n) is 4.42. The van der Waals surface area contributed by atoms with Crippen molar-refractivity contribution in [1.82, 2.24) is 0 Å². The van der Waals surface area contributed by atoms with E-state index in [9.17, 15) is 0 Å². The third-order valence-electron chi connectivity index (χ3n) is 4.44. The highest BCUT2D eigenvalue weighted by molar-refractivity contribution is 9.24. The van der Waals surface area contributed by atoms with Gasteiger partial charge in [-0.1, -0.05) is 38.3 Å². The summed E-state index contributed by atoms with van der Waals surface area (Å²) in [5, 5.41) is 0. The monoisotopic (exact) mass is 278 g/mol. The Hall–Kier alpha value is 0.960. The molecule has 4 rings (SSSR count). The van der Waals surface area contributed by atoms with E-state index in [0.717, 1.165) is 17.8 Å². The molecule has 2 unspecified atom stereocenters. The number of rotatable bonds is 1. The van der Waals surface area contributed by atoms with Gasteiger partial charge in [0, 0.05) is 0 Å². The standard InChI is InChI=1S/C9H12Br2/c10-8(11)9-4-5-6(9)2-1-3-7(5)9/h5-8H,1-4H2. The molecule has 62 valence electrons. The molecule has 4 aliphatic rings. The third-order valence-corrected chi connectivity index (χ3v) is 6.14. The fraction of sp³-hybridized carbons (Fsp3) is 1.00. The zero-order valence-electron chi connectivity index (χ0n) is 6.39. The first-order valence-corrected chi connectivity index (χ1v) is 6.38. The maximum atomic E-state index is 3.72. The van der Waals surface area contributed by atoms with Crippen molar-refractivity contribution >= 4 is 31.9 Å². The number of halogens is 2. The van der Waals surface area contributed by atoms with E-state index >= 15 is 0 Å². The lowest BCUT2D eigenvalue weighted by molar-refractivity contribution is -0.275. The number of hydrogen-bond acceptors (Lipinski definition) is 0. The molecule has 0 saturated heterocycles. The fourth-order valence-corrected chi connectivity index (χ4v) is 5.58. The average Bonchev–Trinajstić information content (AvgIpc) is 1.84. The van der Waals surface area contributed by atoms with Gasteiger partial charge in [-0.25, -0.2) is 0 Å². The molecule has 0 aromatic carbocycles. The minimum atomic E-state index is 0.600. The Bertz CT molecular complexity index is 188. The summed E-state index contributed by atoms with van der Waals surface area (Å²) in [5.74, 6) is 3.32. The van der Waals surface area contributed by atoms with Crippen LogP contribution in [0, 0.1) is 23.2 Å². The molecule has 0 radical (unpaired) electrons. The first-order chi connectivity index (χ1) is 5.27. The molecule has 0 nitrogen and oxygen atoms in total. The smallest absolute Gasteiger partial charge is 0.0758 e. The molecule has 4 bridgehead atoms. The lowest BCUT2D eigenvalue weighted by atomic mass is 9.28. The van der Waals surface area contributed by atoms with Gasteiger partial charge < -0.3 is 0 Å². The highest BCUT2D eigenvalue weighted by atomic mass is 79.9. The van der Waals surface area contributed by atoms with Gasteiger partial charge in [-0.3, -0.25) is 0 Å². The number of hydrogen-bond donors (Lipinski definition) is 0. The second kappa shape index (κ2) is 2.06. The molecule has 2 atom stereocenters. The minimum absolute atomic E-state index is 0.600. The van der Waals surface area contributed by atoms with E-state index < -0.39 is 0 Å². The predicted octanol–water partition coefficient (Wildman–Crippen LogP) is 3.54. The van der Waals surface area contributed by atoms with E-state index in [-0.39, 0.29) is 0 Å². The van der Waals surface area contributed by atoms with Gasteiger partial charge in [0.05, 0.1) is 3.74 Å². The van der Waals surface area contributed by atoms with Crippen LogP contribution in [0.1, 0.15) is 25.7 Å². The third kappa shape index (κ3) is 0.611. The Labute approximate surface area is 84.4 Å². The molecule has 11 heavy (non-hydrogen) atoms. The molecule has 0 amide bonds. The maximum absolute atomic E-state index is 3.72. The Kier molecular flexibility index (Phi) is 1.38. The molecule has 0 aromatic rings. The van der Waals surface area contributed by atoms with Crippen molar-refractivity contribution in [3.05, 3.63) is 0 Å². The number of alkyl halides is 2. The fourth-order valence-electron chi connectivity index (χ4n) is 3.84. The average molecular weight is 280 g/mol. The van der Waals surface area contributed by atoms with Crippen LogP contribution in [0.3, 0.4) is 0 Å². The van der Waals surface area contributed by atoms with Crippen molar-refractivity contribution in [2.45, 2.75) is 29.4 Å². The summed E-state index contributed by atoms with van der Waals surface area (Å²) >= 11 is 7.43. The first-order valence-electron chi connectivity index (χ1n) is 4.55. The lowest BCUT2D eigenvalue weighted by Crippen LogP contribution is -2.73. The molecule has 2 heteroatoms. The van der Waals surface area contributed by atoms with Crippen LogP contribution in [-0.2, 0) is 0 Å². The molecule has 0 spiro atoms. The van der Waals surface area contributed by atoms with Crippen molar-refractivity contribution in [1.29, 1.82) is 0 Å². The van der Waals surface area contributed by atoms with E-state index in [0.29, 0.717) is 9.15 Å².